The Morgan fingerprint density at radius 1 is 1.33 bits per heavy atom. The second-order valence-electron chi connectivity index (χ2n) is 4.72. The summed E-state index contributed by atoms with van der Waals surface area (Å²) in [4.78, 5) is 17.4. The number of ether oxygens (including phenoxy) is 1. The normalized spacial score (nSPS) is 10.7. The Hall–Kier alpha value is -1.33. The van der Waals surface area contributed by atoms with E-state index in [0.717, 1.165) is 9.37 Å². The fraction of sp³-hybridized carbons (Fsp3) is 0.250. The highest BCUT2D eigenvalue weighted by Gasteiger charge is 2.10. The first-order chi connectivity index (χ1) is 10.1. The van der Waals surface area contributed by atoms with Gasteiger partial charge in [0.05, 0.1) is 18.1 Å². The van der Waals surface area contributed by atoms with E-state index >= 15 is 0 Å². The van der Waals surface area contributed by atoms with Gasteiger partial charge in [-0.3, -0.25) is 9.78 Å². The number of rotatable bonds is 6. The summed E-state index contributed by atoms with van der Waals surface area (Å²) < 4.78 is 6.56. The van der Waals surface area contributed by atoms with E-state index < -0.39 is 0 Å². The number of halogens is 1. The van der Waals surface area contributed by atoms with Crippen molar-refractivity contribution in [2.45, 2.75) is 24.8 Å². The number of hydrogen-bond donors (Lipinski definition) is 0. The molecule has 0 spiro atoms. The molecule has 0 saturated heterocycles. The van der Waals surface area contributed by atoms with E-state index in [1.807, 2.05) is 38.1 Å². The third-order valence-corrected chi connectivity index (χ3v) is 4.63. The van der Waals surface area contributed by atoms with Crippen molar-refractivity contribution in [1.82, 2.24) is 4.98 Å². The van der Waals surface area contributed by atoms with Gasteiger partial charge in [0.15, 0.2) is 5.78 Å². The average Bonchev–Trinajstić information content (AvgIpc) is 2.45. The van der Waals surface area contributed by atoms with E-state index in [1.54, 1.807) is 18.5 Å². The first kappa shape index (κ1) is 16.0. The fourth-order valence-corrected chi connectivity index (χ4v) is 3.16. The van der Waals surface area contributed by atoms with Gasteiger partial charge in [0.1, 0.15) is 5.75 Å². The zero-order valence-electron chi connectivity index (χ0n) is 11.9. The molecule has 0 N–H and O–H groups in total. The summed E-state index contributed by atoms with van der Waals surface area (Å²) in [6.45, 7) is 3.88. The summed E-state index contributed by atoms with van der Waals surface area (Å²) in [6, 6.07) is 9.60. The van der Waals surface area contributed by atoms with Gasteiger partial charge in [0, 0.05) is 21.1 Å². The van der Waals surface area contributed by atoms with Crippen molar-refractivity contribution in [2.75, 3.05) is 5.75 Å². The Bertz CT molecular complexity index is 631. The zero-order valence-corrected chi connectivity index (χ0v) is 14.3. The van der Waals surface area contributed by atoms with Gasteiger partial charge in [-0.05, 0) is 48.0 Å². The molecule has 5 heteroatoms. The van der Waals surface area contributed by atoms with E-state index in [-0.39, 0.29) is 11.9 Å². The first-order valence-electron chi connectivity index (χ1n) is 6.58. The predicted octanol–water partition coefficient (Wildman–Crippen LogP) is 4.61. The van der Waals surface area contributed by atoms with Gasteiger partial charge in [-0.15, -0.1) is 11.8 Å². The number of aromatic nitrogens is 1. The van der Waals surface area contributed by atoms with Crippen LogP contribution in [0.15, 0.2) is 52.1 Å². The summed E-state index contributed by atoms with van der Waals surface area (Å²) in [5.74, 6) is 1.04. The maximum absolute atomic E-state index is 12.2. The average molecular weight is 366 g/mol. The molecule has 0 saturated carbocycles. The molecule has 0 unspecified atom stereocenters. The van der Waals surface area contributed by atoms with E-state index in [2.05, 4.69) is 20.9 Å². The van der Waals surface area contributed by atoms with Crippen LogP contribution in [0.2, 0.25) is 0 Å². The molecule has 21 heavy (non-hydrogen) atoms. The molecule has 0 aliphatic carbocycles. The predicted molar refractivity (Wildman–Crippen MR) is 89.2 cm³/mol. The molecule has 1 aromatic heterocycles. The molecule has 0 bridgehead atoms. The van der Waals surface area contributed by atoms with Gasteiger partial charge >= 0.3 is 0 Å². The maximum Gasteiger partial charge on any atom is 0.174 e. The van der Waals surface area contributed by atoms with Crippen LogP contribution < -0.4 is 4.74 Å². The molecular weight excluding hydrogens is 350 g/mol. The number of benzene rings is 1. The van der Waals surface area contributed by atoms with Crippen molar-refractivity contribution in [3.8, 4) is 5.75 Å². The molecule has 3 nitrogen and oxygen atoms in total. The lowest BCUT2D eigenvalue weighted by Crippen LogP contribution is -2.08. The lowest BCUT2D eigenvalue weighted by molar-refractivity contribution is 0.102. The molecule has 0 radical (unpaired) electrons. The summed E-state index contributed by atoms with van der Waals surface area (Å²) in [6.07, 6.45) is 3.26. The summed E-state index contributed by atoms with van der Waals surface area (Å²) in [5, 5.41) is 0. The molecule has 1 heterocycles. The maximum atomic E-state index is 12.2. The lowest BCUT2D eigenvalue weighted by atomic mass is 10.2. The lowest BCUT2D eigenvalue weighted by Gasteiger charge is -2.10. The van der Waals surface area contributed by atoms with Gasteiger partial charge in [0.2, 0.25) is 0 Å². The molecule has 2 aromatic rings. The Balaban J connectivity index is 2.02. The monoisotopic (exact) mass is 365 g/mol. The number of carbonyl (C=O) groups is 1. The molecule has 0 atom stereocenters. The number of nitrogens with zero attached hydrogens (tertiary/aromatic N) is 1. The standard InChI is InChI=1S/C16H16BrNO2S/c1-11(2)20-13-7-12(8-18-9-13)15(19)10-21-16-6-4-3-5-14(16)17/h3-9,11H,10H2,1-2H3. The van der Waals surface area contributed by atoms with Crippen LogP contribution in [0.5, 0.6) is 5.75 Å². The van der Waals surface area contributed by atoms with Crippen molar-refractivity contribution in [1.29, 1.82) is 0 Å². The number of carbonyl (C=O) groups excluding carboxylic acids is 1. The van der Waals surface area contributed by atoms with Crippen LogP contribution in [0.4, 0.5) is 0 Å². The molecular formula is C16H16BrNO2S. The second-order valence-corrected chi connectivity index (χ2v) is 6.59. The molecule has 0 aliphatic heterocycles. The topological polar surface area (TPSA) is 39.2 Å². The zero-order chi connectivity index (χ0) is 15.2. The quantitative estimate of drug-likeness (QED) is 0.553. The van der Waals surface area contributed by atoms with Crippen LogP contribution in [0, 0.1) is 0 Å². The Labute approximate surface area is 137 Å². The number of hydrogen-bond acceptors (Lipinski definition) is 4. The Kier molecular flexibility index (Phi) is 5.82. The van der Waals surface area contributed by atoms with Crippen LogP contribution in [0.25, 0.3) is 0 Å². The number of pyridine rings is 1. The molecule has 1 aromatic carbocycles. The van der Waals surface area contributed by atoms with Gasteiger partial charge in [-0.25, -0.2) is 0 Å². The van der Waals surface area contributed by atoms with Crippen LogP contribution >= 0.6 is 27.7 Å². The third kappa shape index (κ3) is 4.86. The molecule has 0 fully saturated rings. The SMILES string of the molecule is CC(C)Oc1cncc(C(=O)CSc2ccccc2Br)c1. The van der Waals surface area contributed by atoms with Gasteiger partial charge < -0.3 is 4.74 Å². The Morgan fingerprint density at radius 3 is 2.81 bits per heavy atom. The molecule has 0 aliphatic rings. The van der Waals surface area contributed by atoms with Crippen molar-refractivity contribution >= 4 is 33.5 Å². The molecule has 2 rings (SSSR count). The number of thioether (sulfide) groups is 1. The van der Waals surface area contributed by atoms with Gasteiger partial charge in [-0.2, -0.15) is 0 Å². The van der Waals surface area contributed by atoms with E-state index in [4.69, 9.17) is 4.74 Å². The summed E-state index contributed by atoms with van der Waals surface area (Å²) in [7, 11) is 0. The van der Waals surface area contributed by atoms with E-state index in [1.165, 1.54) is 11.8 Å². The third-order valence-electron chi connectivity index (χ3n) is 2.60. The van der Waals surface area contributed by atoms with Crippen molar-refractivity contribution in [2.24, 2.45) is 0 Å². The highest BCUT2D eigenvalue weighted by molar-refractivity contribution is 9.10. The van der Waals surface area contributed by atoms with Crippen LogP contribution in [0.1, 0.15) is 24.2 Å². The fourth-order valence-electron chi connectivity index (χ4n) is 1.70. The largest absolute Gasteiger partial charge is 0.489 e. The van der Waals surface area contributed by atoms with Crippen LogP contribution in [0.3, 0.4) is 0 Å². The number of Topliss-reactive ketones (excluding diaryl/α,β-unsaturated/α-hetero) is 1. The smallest absolute Gasteiger partial charge is 0.174 e. The summed E-state index contributed by atoms with van der Waals surface area (Å²) >= 11 is 4.98. The van der Waals surface area contributed by atoms with Crippen LogP contribution in [-0.4, -0.2) is 22.6 Å². The second kappa shape index (κ2) is 7.61. The van der Waals surface area contributed by atoms with Gasteiger partial charge in [0.25, 0.3) is 0 Å². The number of ketones is 1. The first-order valence-corrected chi connectivity index (χ1v) is 8.36. The minimum atomic E-state index is 0.0393. The van der Waals surface area contributed by atoms with E-state index in [0.29, 0.717) is 17.1 Å². The van der Waals surface area contributed by atoms with Crippen molar-refractivity contribution in [3.05, 3.63) is 52.8 Å². The van der Waals surface area contributed by atoms with E-state index in [9.17, 15) is 4.79 Å². The van der Waals surface area contributed by atoms with Crippen molar-refractivity contribution in [3.63, 3.8) is 0 Å². The summed E-state index contributed by atoms with van der Waals surface area (Å²) in [5.41, 5.74) is 0.577. The molecule has 0 amide bonds. The highest BCUT2D eigenvalue weighted by Crippen LogP contribution is 2.27. The van der Waals surface area contributed by atoms with Crippen LogP contribution in [-0.2, 0) is 0 Å². The molecule has 110 valence electrons. The van der Waals surface area contributed by atoms with Crippen molar-refractivity contribution < 1.29 is 9.53 Å². The minimum Gasteiger partial charge on any atom is -0.489 e. The Morgan fingerprint density at radius 2 is 2.10 bits per heavy atom. The van der Waals surface area contributed by atoms with Gasteiger partial charge in [-0.1, -0.05) is 12.1 Å². The highest BCUT2D eigenvalue weighted by atomic mass is 79.9. The minimum absolute atomic E-state index is 0.0393.